The van der Waals surface area contributed by atoms with Crippen molar-refractivity contribution in [1.29, 1.82) is 0 Å². The lowest BCUT2D eigenvalue weighted by molar-refractivity contribution is 0.135. The van der Waals surface area contributed by atoms with E-state index in [2.05, 4.69) is 49.1 Å². The average Bonchev–Trinajstić information content (AvgIpc) is 2.68. The van der Waals surface area contributed by atoms with E-state index in [4.69, 9.17) is 5.73 Å². The third kappa shape index (κ3) is 3.80. The van der Waals surface area contributed by atoms with Gasteiger partial charge in [-0.1, -0.05) is 57.0 Å². The minimum absolute atomic E-state index is 0.124. The fourth-order valence-electron chi connectivity index (χ4n) is 3.33. The fraction of sp³-hybridized carbons (Fsp3) is 0.647. The van der Waals surface area contributed by atoms with Gasteiger partial charge in [-0.2, -0.15) is 0 Å². The molecule has 0 radical (unpaired) electrons. The van der Waals surface area contributed by atoms with Crippen LogP contribution in [-0.4, -0.2) is 24.0 Å². The Hall–Kier alpha value is -0.860. The van der Waals surface area contributed by atoms with Crippen molar-refractivity contribution in [3.05, 3.63) is 35.9 Å². The summed E-state index contributed by atoms with van der Waals surface area (Å²) in [6.45, 7) is 7.03. The minimum Gasteiger partial charge on any atom is -0.323 e. The van der Waals surface area contributed by atoms with Crippen molar-refractivity contribution < 1.29 is 0 Å². The topological polar surface area (TPSA) is 29.3 Å². The summed E-state index contributed by atoms with van der Waals surface area (Å²) in [5.41, 5.74) is 7.85. The molecule has 1 heterocycles. The van der Waals surface area contributed by atoms with Crippen molar-refractivity contribution in [3.8, 4) is 0 Å². The Bertz CT molecular complexity index is 353. The highest BCUT2D eigenvalue weighted by Gasteiger charge is 2.29. The summed E-state index contributed by atoms with van der Waals surface area (Å²) in [4.78, 5) is 2.63. The first kappa shape index (κ1) is 14.5. The lowest BCUT2D eigenvalue weighted by atomic mass is 9.90. The quantitative estimate of drug-likeness (QED) is 0.896. The van der Waals surface area contributed by atoms with Gasteiger partial charge in [0.2, 0.25) is 0 Å². The largest absolute Gasteiger partial charge is 0.323 e. The van der Waals surface area contributed by atoms with Crippen LogP contribution in [0, 0.1) is 5.92 Å². The number of likely N-dealkylation sites (tertiary alicyclic amines) is 1. The molecule has 0 saturated carbocycles. The summed E-state index contributed by atoms with van der Waals surface area (Å²) in [5, 5.41) is 0. The molecule has 0 aliphatic carbocycles. The molecule has 1 saturated heterocycles. The van der Waals surface area contributed by atoms with E-state index < -0.39 is 0 Å². The molecule has 1 fully saturated rings. The second-order valence-electron chi connectivity index (χ2n) is 6.12. The molecule has 0 spiro atoms. The monoisotopic (exact) mass is 260 g/mol. The molecule has 0 amide bonds. The van der Waals surface area contributed by atoms with Gasteiger partial charge in [0.05, 0.1) is 0 Å². The fourth-order valence-corrected chi connectivity index (χ4v) is 3.33. The minimum atomic E-state index is 0.124. The van der Waals surface area contributed by atoms with Gasteiger partial charge in [0, 0.05) is 12.1 Å². The number of hydrogen-bond acceptors (Lipinski definition) is 2. The molecule has 19 heavy (non-hydrogen) atoms. The average molecular weight is 260 g/mol. The van der Waals surface area contributed by atoms with Crippen LogP contribution >= 0.6 is 0 Å². The zero-order valence-corrected chi connectivity index (χ0v) is 12.4. The normalized spacial score (nSPS) is 21.1. The molecule has 2 heteroatoms. The van der Waals surface area contributed by atoms with E-state index in [1.807, 2.05) is 0 Å². The Morgan fingerprint density at radius 3 is 2.05 bits per heavy atom. The summed E-state index contributed by atoms with van der Waals surface area (Å²) >= 11 is 0. The number of hydrogen-bond donors (Lipinski definition) is 1. The predicted octanol–water partition coefficient (Wildman–Crippen LogP) is 3.59. The van der Waals surface area contributed by atoms with E-state index in [0.29, 0.717) is 12.0 Å². The first-order valence-corrected chi connectivity index (χ1v) is 7.74. The smallest absolute Gasteiger partial charge is 0.0455 e. The predicted molar refractivity (Wildman–Crippen MR) is 82.0 cm³/mol. The second-order valence-corrected chi connectivity index (χ2v) is 6.12. The van der Waals surface area contributed by atoms with Gasteiger partial charge in [-0.05, 0) is 37.4 Å². The third-order valence-electron chi connectivity index (χ3n) is 4.30. The van der Waals surface area contributed by atoms with Crippen LogP contribution in [0.3, 0.4) is 0 Å². The Morgan fingerprint density at radius 2 is 1.53 bits per heavy atom. The van der Waals surface area contributed by atoms with Crippen molar-refractivity contribution >= 4 is 0 Å². The Kier molecular flexibility index (Phi) is 5.41. The molecule has 2 N–H and O–H groups in total. The van der Waals surface area contributed by atoms with Gasteiger partial charge in [-0.15, -0.1) is 0 Å². The van der Waals surface area contributed by atoms with Gasteiger partial charge in [0.15, 0.2) is 0 Å². The standard InChI is InChI=1S/C17H28N2/c1-14(2)17(19-12-8-3-4-9-13-19)16(18)15-10-6-5-7-11-15/h5-7,10-11,14,16-17H,3-4,8-9,12-13,18H2,1-2H3. The van der Waals surface area contributed by atoms with Gasteiger partial charge >= 0.3 is 0 Å². The van der Waals surface area contributed by atoms with Crippen LogP contribution < -0.4 is 5.73 Å². The molecule has 106 valence electrons. The highest BCUT2D eigenvalue weighted by atomic mass is 15.2. The van der Waals surface area contributed by atoms with E-state index in [-0.39, 0.29) is 6.04 Å². The van der Waals surface area contributed by atoms with Crippen LogP contribution in [-0.2, 0) is 0 Å². The van der Waals surface area contributed by atoms with Crippen LogP contribution in [0.15, 0.2) is 30.3 Å². The maximum atomic E-state index is 6.58. The summed E-state index contributed by atoms with van der Waals surface area (Å²) < 4.78 is 0. The molecule has 2 rings (SSSR count). The molecule has 1 aliphatic rings. The van der Waals surface area contributed by atoms with Crippen LogP contribution in [0.5, 0.6) is 0 Å². The Balaban J connectivity index is 2.14. The van der Waals surface area contributed by atoms with Crippen molar-refractivity contribution in [2.75, 3.05) is 13.1 Å². The van der Waals surface area contributed by atoms with Crippen molar-refractivity contribution in [2.45, 2.75) is 51.6 Å². The van der Waals surface area contributed by atoms with Crippen LogP contribution in [0.25, 0.3) is 0 Å². The third-order valence-corrected chi connectivity index (χ3v) is 4.30. The summed E-state index contributed by atoms with van der Waals surface area (Å²) in [7, 11) is 0. The molecule has 2 nitrogen and oxygen atoms in total. The first-order valence-electron chi connectivity index (χ1n) is 7.74. The molecule has 0 bridgehead atoms. The van der Waals surface area contributed by atoms with Crippen LogP contribution in [0.4, 0.5) is 0 Å². The number of nitrogens with two attached hydrogens (primary N) is 1. The van der Waals surface area contributed by atoms with E-state index in [0.717, 1.165) is 0 Å². The van der Waals surface area contributed by atoms with Crippen molar-refractivity contribution in [3.63, 3.8) is 0 Å². The SMILES string of the molecule is CC(C)C(C(N)c1ccccc1)N1CCCCCC1. The van der Waals surface area contributed by atoms with Gasteiger partial charge in [-0.25, -0.2) is 0 Å². The maximum absolute atomic E-state index is 6.58. The molecular weight excluding hydrogens is 232 g/mol. The van der Waals surface area contributed by atoms with Gasteiger partial charge in [-0.3, -0.25) is 4.90 Å². The summed E-state index contributed by atoms with van der Waals surface area (Å²) in [6, 6.07) is 11.2. The lowest BCUT2D eigenvalue weighted by Gasteiger charge is -2.38. The molecule has 1 aromatic rings. The number of benzene rings is 1. The molecule has 2 atom stereocenters. The summed E-state index contributed by atoms with van der Waals surface area (Å²) in [6.07, 6.45) is 5.40. The van der Waals surface area contributed by atoms with Crippen molar-refractivity contribution in [1.82, 2.24) is 4.90 Å². The molecular formula is C17H28N2. The number of nitrogens with zero attached hydrogens (tertiary/aromatic N) is 1. The van der Waals surface area contributed by atoms with E-state index in [9.17, 15) is 0 Å². The zero-order valence-electron chi connectivity index (χ0n) is 12.4. The molecule has 0 aromatic heterocycles. The highest BCUT2D eigenvalue weighted by molar-refractivity contribution is 5.20. The lowest BCUT2D eigenvalue weighted by Crippen LogP contribution is -2.46. The highest BCUT2D eigenvalue weighted by Crippen LogP contribution is 2.26. The van der Waals surface area contributed by atoms with E-state index >= 15 is 0 Å². The molecule has 1 aromatic carbocycles. The van der Waals surface area contributed by atoms with Crippen molar-refractivity contribution in [2.24, 2.45) is 11.7 Å². The van der Waals surface area contributed by atoms with Crippen LogP contribution in [0.2, 0.25) is 0 Å². The number of rotatable bonds is 4. The Labute approximate surface area is 118 Å². The Morgan fingerprint density at radius 1 is 0.947 bits per heavy atom. The van der Waals surface area contributed by atoms with Crippen LogP contribution in [0.1, 0.15) is 51.1 Å². The molecule has 2 unspecified atom stereocenters. The summed E-state index contributed by atoms with van der Waals surface area (Å²) in [5.74, 6) is 0.591. The van der Waals surface area contributed by atoms with E-state index in [1.165, 1.54) is 44.3 Å². The zero-order chi connectivity index (χ0) is 13.7. The molecule has 1 aliphatic heterocycles. The van der Waals surface area contributed by atoms with E-state index in [1.54, 1.807) is 0 Å². The van der Waals surface area contributed by atoms with Gasteiger partial charge in [0.25, 0.3) is 0 Å². The first-order chi connectivity index (χ1) is 9.20. The van der Waals surface area contributed by atoms with Gasteiger partial charge < -0.3 is 5.73 Å². The second kappa shape index (κ2) is 7.06. The maximum Gasteiger partial charge on any atom is 0.0455 e. The van der Waals surface area contributed by atoms with Gasteiger partial charge in [0.1, 0.15) is 0 Å².